The van der Waals surface area contributed by atoms with Crippen LogP contribution < -0.4 is 0 Å². The lowest BCUT2D eigenvalue weighted by atomic mass is 9.82. The molecular weight excluding hydrogens is 284 g/mol. The van der Waals surface area contributed by atoms with Crippen LogP contribution in [-0.2, 0) is 0 Å². The fourth-order valence-electron chi connectivity index (χ4n) is 3.83. The summed E-state index contributed by atoms with van der Waals surface area (Å²) >= 11 is 1.53. The SMILES string of the molecule is Cc1nc(C(C)C)sc1C(=O)N1C[C@@H]2CCC[C@]2(CO)C1. The zero-order chi connectivity index (χ0) is 15.2. The first kappa shape index (κ1) is 15.0. The number of likely N-dealkylation sites (tertiary alicyclic amines) is 1. The highest BCUT2D eigenvalue weighted by Crippen LogP contribution is 2.48. The Balaban J connectivity index is 1.81. The van der Waals surface area contributed by atoms with Gasteiger partial charge in [0.15, 0.2) is 0 Å². The smallest absolute Gasteiger partial charge is 0.265 e. The van der Waals surface area contributed by atoms with Gasteiger partial charge in [-0.25, -0.2) is 4.98 Å². The van der Waals surface area contributed by atoms with Crippen LogP contribution >= 0.6 is 11.3 Å². The number of aliphatic hydroxyl groups is 1. The van der Waals surface area contributed by atoms with Crippen LogP contribution in [0.2, 0.25) is 0 Å². The molecule has 5 heteroatoms. The number of hydrogen-bond donors (Lipinski definition) is 1. The molecule has 2 aliphatic rings. The third kappa shape index (κ3) is 2.40. The molecule has 1 aliphatic carbocycles. The van der Waals surface area contributed by atoms with Crippen LogP contribution in [0.15, 0.2) is 0 Å². The van der Waals surface area contributed by atoms with Crippen LogP contribution in [-0.4, -0.2) is 40.6 Å². The summed E-state index contributed by atoms with van der Waals surface area (Å²) in [5, 5.41) is 10.8. The van der Waals surface area contributed by atoms with Gasteiger partial charge in [0.05, 0.1) is 17.3 Å². The monoisotopic (exact) mass is 308 g/mol. The number of fused-ring (bicyclic) bond motifs is 1. The molecule has 1 amide bonds. The van der Waals surface area contributed by atoms with Gasteiger partial charge in [0.2, 0.25) is 0 Å². The number of carbonyl (C=O) groups is 1. The van der Waals surface area contributed by atoms with E-state index in [2.05, 4.69) is 18.8 Å². The Kier molecular flexibility index (Phi) is 3.82. The highest BCUT2D eigenvalue weighted by atomic mass is 32.1. The van der Waals surface area contributed by atoms with Crippen LogP contribution in [0.3, 0.4) is 0 Å². The van der Waals surface area contributed by atoms with Gasteiger partial charge < -0.3 is 10.0 Å². The number of carbonyl (C=O) groups excluding carboxylic acids is 1. The standard InChI is InChI=1S/C16H24N2O2S/c1-10(2)14-17-11(3)13(21-14)15(20)18-7-12-5-4-6-16(12,8-18)9-19/h10,12,19H,4-9H2,1-3H3/t12-,16+/m0/s1. The predicted octanol–water partition coefficient (Wildman–Crippen LogP) is 2.81. The molecule has 1 N–H and O–H groups in total. The molecule has 1 aromatic rings. The summed E-state index contributed by atoms with van der Waals surface area (Å²) in [5.74, 6) is 0.945. The third-order valence-electron chi connectivity index (χ3n) is 5.14. The van der Waals surface area contributed by atoms with Crippen molar-refractivity contribution < 1.29 is 9.90 Å². The molecule has 116 valence electrons. The van der Waals surface area contributed by atoms with Crippen molar-refractivity contribution in [2.24, 2.45) is 11.3 Å². The second-order valence-corrected chi connectivity index (χ2v) is 7.95. The van der Waals surface area contributed by atoms with Crippen molar-refractivity contribution in [3.63, 3.8) is 0 Å². The fourth-order valence-corrected chi connectivity index (χ4v) is 4.87. The molecule has 2 fully saturated rings. The maximum absolute atomic E-state index is 12.8. The van der Waals surface area contributed by atoms with E-state index in [1.807, 2.05) is 11.8 Å². The first-order valence-corrected chi connectivity index (χ1v) is 8.66. The summed E-state index contributed by atoms with van der Waals surface area (Å²) in [5.41, 5.74) is 0.818. The number of rotatable bonds is 3. The van der Waals surface area contributed by atoms with Crippen molar-refractivity contribution >= 4 is 17.2 Å². The number of thiazole rings is 1. The Bertz CT molecular complexity index is 554. The van der Waals surface area contributed by atoms with Crippen LogP contribution in [0.4, 0.5) is 0 Å². The maximum atomic E-state index is 12.8. The second-order valence-electron chi connectivity index (χ2n) is 6.92. The van der Waals surface area contributed by atoms with Crippen molar-refractivity contribution in [3.05, 3.63) is 15.6 Å². The molecular formula is C16H24N2O2S. The van der Waals surface area contributed by atoms with Gasteiger partial charge in [-0.3, -0.25) is 4.79 Å². The first-order valence-electron chi connectivity index (χ1n) is 7.84. The number of aromatic nitrogens is 1. The van der Waals surface area contributed by atoms with Crippen LogP contribution in [0, 0.1) is 18.3 Å². The van der Waals surface area contributed by atoms with E-state index in [1.165, 1.54) is 17.8 Å². The molecule has 0 spiro atoms. The lowest BCUT2D eigenvalue weighted by Gasteiger charge is -2.25. The largest absolute Gasteiger partial charge is 0.396 e. The minimum Gasteiger partial charge on any atom is -0.396 e. The van der Waals surface area contributed by atoms with Gasteiger partial charge in [-0.2, -0.15) is 0 Å². The summed E-state index contributed by atoms with van der Waals surface area (Å²) in [6.45, 7) is 7.85. The number of nitrogens with zero attached hydrogens (tertiary/aromatic N) is 2. The Morgan fingerprint density at radius 3 is 2.90 bits per heavy atom. The lowest BCUT2D eigenvalue weighted by Crippen LogP contribution is -2.33. The van der Waals surface area contributed by atoms with Gasteiger partial charge in [-0.05, 0) is 25.7 Å². The van der Waals surface area contributed by atoms with Gasteiger partial charge in [-0.1, -0.05) is 20.3 Å². The van der Waals surface area contributed by atoms with Gasteiger partial charge in [0, 0.05) is 24.4 Å². The zero-order valence-electron chi connectivity index (χ0n) is 13.1. The second kappa shape index (κ2) is 5.36. The van der Waals surface area contributed by atoms with Crippen molar-refractivity contribution in [2.75, 3.05) is 19.7 Å². The Labute approximate surface area is 130 Å². The molecule has 1 saturated carbocycles. The van der Waals surface area contributed by atoms with E-state index in [9.17, 15) is 9.90 Å². The molecule has 1 saturated heterocycles. The Morgan fingerprint density at radius 1 is 1.57 bits per heavy atom. The van der Waals surface area contributed by atoms with Gasteiger partial charge in [-0.15, -0.1) is 11.3 Å². The third-order valence-corrected chi connectivity index (χ3v) is 6.59. The van der Waals surface area contributed by atoms with E-state index in [-0.39, 0.29) is 17.9 Å². The zero-order valence-corrected chi connectivity index (χ0v) is 13.9. The highest BCUT2D eigenvalue weighted by Gasteiger charge is 2.50. The van der Waals surface area contributed by atoms with Gasteiger partial charge in [0.25, 0.3) is 5.91 Å². The van der Waals surface area contributed by atoms with E-state index in [4.69, 9.17) is 0 Å². The fraction of sp³-hybridized carbons (Fsp3) is 0.750. The first-order chi connectivity index (χ1) is 9.97. The summed E-state index contributed by atoms with van der Waals surface area (Å²) in [4.78, 5) is 20.1. The predicted molar refractivity (Wildman–Crippen MR) is 83.7 cm³/mol. The molecule has 2 heterocycles. The van der Waals surface area contributed by atoms with E-state index < -0.39 is 0 Å². The van der Waals surface area contributed by atoms with Crippen molar-refractivity contribution in [3.8, 4) is 0 Å². The van der Waals surface area contributed by atoms with Crippen LogP contribution in [0.1, 0.15) is 59.4 Å². The molecule has 0 radical (unpaired) electrons. The molecule has 1 aliphatic heterocycles. The van der Waals surface area contributed by atoms with E-state index in [0.717, 1.165) is 35.0 Å². The number of amides is 1. The van der Waals surface area contributed by atoms with Crippen molar-refractivity contribution in [2.45, 2.75) is 46.0 Å². The Morgan fingerprint density at radius 2 is 2.33 bits per heavy atom. The number of aliphatic hydroxyl groups excluding tert-OH is 1. The number of aryl methyl sites for hydroxylation is 1. The Hall–Kier alpha value is -0.940. The molecule has 3 rings (SSSR count). The minimum absolute atomic E-state index is 0.0326. The quantitative estimate of drug-likeness (QED) is 0.934. The van der Waals surface area contributed by atoms with Crippen molar-refractivity contribution in [1.82, 2.24) is 9.88 Å². The lowest BCUT2D eigenvalue weighted by molar-refractivity contribution is 0.0738. The summed E-state index contributed by atoms with van der Waals surface area (Å²) in [6.07, 6.45) is 3.38. The topological polar surface area (TPSA) is 53.4 Å². The molecule has 0 unspecified atom stereocenters. The molecule has 2 atom stereocenters. The van der Waals surface area contributed by atoms with Gasteiger partial charge >= 0.3 is 0 Å². The minimum atomic E-state index is -0.0326. The molecule has 0 aromatic carbocycles. The van der Waals surface area contributed by atoms with Crippen LogP contribution in [0.5, 0.6) is 0 Å². The summed E-state index contributed by atoms with van der Waals surface area (Å²) < 4.78 is 0. The molecule has 1 aromatic heterocycles. The summed E-state index contributed by atoms with van der Waals surface area (Å²) in [6, 6.07) is 0. The average Bonchev–Trinajstić information content (AvgIpc) is 3.09. The average molecular weight is 308 g/mol. The van der Waals surface area contributed by atoms with Gasteiger partial charge in [0.1, 0.15) is 4.88 Å². The molecule has 4 nitrogen and oxygen atoms in total. The molecule has 0 bridgehead atoms. The van der Waals surface area contributed by atoms with E-state index in [0.29, 0.717) is 18.4 Å². The van der Waals surface area contributed by atoms with E-state index >= 15 is 0 Å². The highest BCUT2D eigenvalue weighted by molar-refractivity contribution is 7.13. The van der Waals surface area contributed by atoms with Crippen molar-refractivity contribution in [1.29, 1.82) is 0 Å². The normalized spacial score (nSPS) is 28.4. The molecule has 21 heavy (non-hydrogen) atoms. The summed E-state index contributed by atoms with van der Waals surface area (Å²) in [7, 11) is 0. The van der Waals surface area contributed by atoms with Crippen LogP contribution in [0.25, 0.3) is 0 Å². The number of hydrogen-bond acceptors (Lipinski definition) is 4. The van der Waals surface area contributed by atoms with E-state index in [1.54, 1.807) is 0 Å². The maximum Gasteiger partial charge on any atom is 0.265 e.